The summed E-state index contributed by atoms with van der Waals surface area (Å²) in [4.78, 5) is 0. The molecule has 2 rings (SSSR count). The van der Waals surface area contributed by atoms with Crippen molar-refractivity contribution in [1.82, 2.24) is 5.32 Å². The quantitative estimate of drug-likeness (QED) is 0.892. The van der Waals surface area contributed by atoms with E-state index < -0.39 is 0 Å². The van der Waals surface area contributed by atoms with Crippen LogP contribution in [0.4, 0.5) is 0 Å². The van der Waals surface area contributed by atoms with Crippen LogP contribution in [0.3, 0.4) is 0 Å². The Morgan fingerprint density at radius 3 is 2.00 bits per heavy atom. The molecule has 1 N–H and O–H groups in total. The second-order valence-corrected chi connectivity index (χ2v) is 6.58. The van der Waals surface area contributed by atoms with Crippen LogP contribution in [0, 0.1) is 40.5 Å². The Bertz CT molecular complexity index is 492. The first-order valence-corrected chi connectivity index (χ1v) is 8.29. The minimum absolute atomic E-state index is 0.392. The van der Waals surface area contributed by atoms with Gasteiger partial charge in [-0.2, -0.15) is 0 Å². The van der Waals surface area contributed by atoms with E-state index >= 15 is 0 Å². The van der Waals surface area contributed by atoms with Crippen molar-refractivity contribution in [2.45, 2.75) is 66.5 Å². The first kappa shape index (κ1) is 16.5. The Balaban J connectivity index is 2.53. The summed E-state index contributed by atoms with van der Waals surface area (Å²) in [6.45, 7) is 14.5. The molecule has 1 fully saturated rings. The van der Waals surface area contributed by atoms with Gasteiger partial charge in [0.15, 0.2) is 0 Å². The molecule has 118 valence electrons. The summed E-state index contributed by atoms with van der Waals surface area (Å²) < 4.78 is 5.94. The molecule has 0 aliphatic carbocycles. The van der Waals surface area contributed by atoms with Gasteiger partial charge >= 0.3 is 0 Å². The SMILES string of the molecule is CCC1OCCC1C(NC)c1c(C)c(C)c(C)c(C)c1C. The highest BCUT2D eigenvalue weighted by Crippen LogP contribution is 2.39. The summed E-state index contributed by atoms with van der Waals surface area (Å²) in [5.41, 5.74) is 8.75. The van der Waals surface area contributed by atoms with Gasteiger partial charge in [0.25, 0.3) is 0 Å². The molecular weight excluding hydrogens is 258 g/mol. The van der Waals surface area contributed by atoms with Gasteiger partial charge in [-0.3, -0.25) is 0 Å². The zero-order valence-electron chi connectivity index (χ0n) is 14.8. The van der Waals surface area contributed by atoms with E-state index in [9.17, 15) is 0 Å². The van der Waals surface area contributed by atoms with Crippen LogP contribution in [0.1, 0.15) is 59.2 Å². The Hall–Kier alpha value is -0.860. The highest BCUT2D eigenvalue weighted by atomic mass is 16.5. The van der Waals surface area contributed by atoms with E-state index in [1.807, 2.05) is 0 Å². The third-order valence-corrected chi connectivity index (χ3v) is 5.77. The fourth-order valence-electron chi connectivity index (χ4n) is 4.03. The van der Waals surface area contributed by atoms with Gasteiger partial charge in [-0.05, 0) is 87.9 Å². The lowest BCUT2D eigenvalue weighted by Crippen LogP contribution is -2.32. The molecule has 1 aromatic rings. The normalized spacial score (nSPS) is 23.6. The predicted octanol–water partition coefficient (Wildman–Crippen LogP) is 4.30. The van der Waals surface area contributed by atoms with E-state index in [0.717, 1.165) is 19.4 Å². The van der Waals surface area contributed by atoms with Crippen LogP contribution in [0.2, 0.25) is 0 Å². The summed E-state index contributed by atoms with van der Waals surface area (Å²) in [5, 5.41) is 3.60. The van der Waals surface area contributed by atoms with Crippen LogP contribution >= 0.6 is 0 Å². The minimum atomic E-state index is 0.392. The maximum atomic E-state index is 5.94. The smallest absolute Gasteiger partial charge is 0.0619 e. The lowest BCUT2D eigenvalue weighted by molar-refractivity contribution is 0.0781. The van der Waals surface area contributed by atoms with Gasteiger partial charge < -0.3 is 10.1 Å². The molecule has 1 aliphatic heterocycles. The van der Waals surface area contributed by atoms with Crippen LogP contribution in [-0.4, -0.2) is 19.8 Å². The van der Waals surface area contributed by atoms with E-state index in [4.69, 9.17) is 4.74 Å². The first-order chi connectivity index (χ1) is 9.93. The number of rotatable bonds is 4. The van der Waals surface area contributed by atoms with E-state index in [1.165, 1.54) is 33.4 Å². The predicted molar refractivity (Wildman–Crippen MR) is 90.1 cm³/mol. The Labute approximate surface area is 130 Å². The highest BCUT2D eigenvalue weighted by Gasteiger charge is 2.35. The van der Waals surface area contributed by atoms with Crippen LogP contribution < -0.4 is 5.32 Å². The summed E-state index contributed by atoms with van der Waals surface area (Å²) in [7, 11) is 2.10. The van der Waals surface area contributed by atoms with Gasteiger partial charge in [-0.1, -0.05) is 6.92 Å². The molecular formula is C19H31NO. The van der Waals surface area contributed by atoms with Crippen LogP contribution in [0.15, 0.2) is 0 Å². The van der Waals surface area contributed by atoms with Crippen molar-refractivity contribution >= 4 is 0 Å². The first-order valence-electron chi connectivity index (χ1n) is 8.29. The molecule has 2 nitrogen and oxygen atoms in total. The molecule has 3 unspecified atom stereocenters. The standard InChI is InChI=1S/C19H31NO/c1-8-17-16(9-10-21-17)19(20-7)18-14(5)12(3)11(2)13(4)15(18)6/h16-17,19-20H,8-10H2,1-7H3. The van der Waals surface area contributed by atoms with E-state index in [-0.39, 0.29) is 0 Å². The second-order valence-electron chi connectivity index (χ2n) is 6.58. The third kappa shape index (κ3) is 2.76. The molecule has 2 heteroatoms. The van der Waals surface area contributed by atoms with Gasteiger partial charge in [0.1, 0.15) is 0 Å². The molecule has 0 spiro atoms. The molecule has 3 atom stereocenters. The third-order valence-electron chi connectivity index (χ3n) is 5.77. The van der Waals surface area contributed by atoms with Gasteiger partial charge in [-0.25, -0.2) is 0 Å². The zero-order valence-corrected chi connectivity index (χ0v) is 14.8. The lowest BCUT2D eigenvalue weighted by Gasteiger charge is -2.31. The van der Waals surface area contributed by atoms with E-state index in [1.54, 1.807) is 0 Å². The fraction of sp³-hybridized carbons (Fsp3) is 0.684. The molecule has 0 bridgehead atoms. The molecule has 0 radical (unpaired) electrons. The van der Waals surface area contributed by atoms with Gasteiger partial charge in [0, 0.05) is 18.6 Å². The lowest BCUT2D eigenvalue weighted by atomic mass is 9.79. The van der Waals surface area contributed by atoms with Crippen LogP contribution in [0.5, 0.6) is 0 Å². The number of ether oxygens (including phenoxy) is 1. The van der Waals surface area contributed by atoms with Crippen molar-refractivity contribution in [3.05, 3.63) is 33.4 Å². The average Bonchev–Trinajstić information content (AvgIpc) is 2.95. The van der Waals surface area contributed by atoms with Crippen molar-refractivity contribution in [3.63, 3.8) is 0 Å². The van der Waals surface area contributed by atoms with E-state index in [2.05, 4.69) is 53.9 Å². The molecule has 0 amide bonds. The number of nitrogens with one attached hydrogen (secondary N) is 1. The Morgan fingerprint density at radius 2 is 1.52 bits per heavy atom. The Morgan fingerprint density at radius 1 is 1.00 bits per heavy atom. The van der Waals surface area contributed by atoms with Gasteiger partial charge in [-0.15, -0.1) is 0 Å². The molecule has 0 aromatic heterocycles. The Kier molecular flexibility index (Phi) is 5.11. The highest BCUT2D eigenvalue weighted by molar-refractivity contribution is 5.51. The summed E-state index contributed by atoms with van der Waals surface area (Å²) in [6, 6.07) is 0.399. The van der Waals surface area contributed by atoms with Crippen LogP contribution in [0.25, 0.3) is 0 Å². The average molecular weight is 289 g/mol. The topological polar surface area (TPSA) is 21.3 Å². The number of hydrogen-bond acceptors (Lipinski definition) is 2. The largest absolute Gasteiger partial charge is 0.378 e. The number of benzene rings is 1. The van der Waals surface area contributed by atoms with Crippen LogP contribution in [-0.2, 0) is 4.74 Å². The zero-order chi connectivity index (χ0) is 15.7. The molecule has 1 aromatic carbocycles. The summed E-state index contributed by atoms with van der Waals surface area (Å²) >= 11 is 0. The molecule has 0 saturated carbocycles. The summed E-state index contributed by atoms with van der Waals surface area (Å²) in [5.74, 6) is 0.582. The van der Waals surface area contributed by atoms with Crippen molar-refractivity contribution in [1.29, 1.82) is 0 Å². The van der Waals surface area contributed by atoms with E-state index in [0.29, 0.717) is 18.1 Å². The molecule has 1 heterocycles. The van der Waals surface area contributed by atoms with Crippen molar-refractivity contribution in [3.8, 4) is 0 Å². The maximum Gasteiger partial charge on any atom is 0.0619 e. The van der Waals surface area contributed by atoms with Crippen molar-refractivity contribution < 1.29 is 4.74 Å². The monoisotopic (exact) mass is 289 g/mol. The van der Waals surface area contributed by atoms with Crippen molar-refractivity contribution in [2.75, 3.05) is 13.7 Å². The molecule has 1 saturated heterocycles. The molecule has 1 aliphatic rings. The fourth-order valence-corrected chi connectivity index (χ4v) is 4.03. The van der Waals surface area contributed by atoms with Gasteiger partial charge in [0.2, 0.25) is 0 Å². The summed E-state index contributed by atoms with van der Waals surface area (Å²) in [6.07, 6.45) is 2.66. The number of hydrogen-bond donors (Lipinski definition) is 1. The maximum absolute atomic E-state index is 5.94. The van der Waals surface area contributed by atoms with Crippen molar-refractivity contribution in [2.24, 2.45) is 5.92 Å². The van der Waals surface area contributed by atoms with Gasteiger partial charge in [0.05, 0.1) is 6.10 Å². The molecule has 21 heavy (non-hydrogen) atoms. The minimum Gasteiger partial charge on any atom is -0.378 e. The second kappa shape index (κ2) is 6.50.